The highest BCUT2D eigenvalue weighted by molar-refractivity contribution is 5.82. The number of carbonyl (C=O) groups is 1. The van der Waals surface area contributed by atoms with E-state index in [1.807, 2.05) is 0 Å². The SMILES string of the molecule is CC1CCNC(C(=O)N2CC3(C)CC2CC(C)(C)C3)C1. The molecule has 114 valence electrons. The molecule has 2 bridgehead atoms. The molecule has 0 spiro atoms. The third kappa shape index (κ3) is 2.61. The lowest BCUT2D eigenvalue weighted by molar-refractivity contribution is -0.135. The van der Waals surface area contributed by atoms with Gasteiger partial charge in [-0.25, -0.2) is 0 Å². The fraction of sp³-hybridized carbons (Fsp3) is 0.941. The van der Waals surface area contributed by atoms with Crippen molar-refractivity contribution in [3.05, 3.63) is 0 Å². The second-order valence-corrected chi connectivity index (χ2v) is 8.82. The van der Waals surface area contributed by atoms with Crippen molar-refractivity contribution in [1.29, 1.82) is 0 Å². The highest BCUT2D eigenvalue weighted by Gasteiger charge is 2.51. The molecule has 1 saturated carbocycles. The molecule has 3 fully saturated rings. The summed E-state index contributed by atoms with van der Waals surface area (Å²) in [5, 5.41) is 3.45. The largest absolute Gasteiger partial charge is 0.338 e. The number of carbonyl (C=O) groups excluding carboxylic acids is 1. The molecular formula is C17H30N2O. The third-order valence-corrected chi connectivity index (χ3v) is 5.66. The van der Waals surface area contributed by atoms with Crippen LogP contribution in [0.4, 0.5) is 0 Å². The van der Waals surface area contributed by atoms with E-state index >= 15 is 0 Å². The van der Waals surface area contributed by atoms with E-state index in [9.17, 15) is 4.79 Å². The van der Waals surface area contributed by atoms with Gasteiger partial charge < -0.3 is 10.2 Å². The van der Waals surface area contributed by atoms with Crippen LogP contribution < -0.4 is 5.32 Å². The Kier molecular flexibility index (Phi) is 3.39. The molecule has 3 heteroatoms. The zero-order valence-electron chi connectivity index (χ0n) is 13.5. The van der Waals surface area contributed by atoms with Gasteiger partial charge in [-0.2, -0.15) is 0 Å². The molecule has 3 rings (SSSR count). The zero-order chi connectivity index (χ0) is 14.5. The fourth-order valence-electron chi connectivity index (χ4n) is 5.21. The summed E-state index contributed by atoms with van der Waals surface area (Å²) in [7, 11) is 0. The van der Waals surface area contributed by atoms with E-state index < -0.39 is 0 Å². The minimum atomic E-state index is 0.0739. The molecule has 0 aromatic rings. The molecule has 3 aliphatic rings. The molecule has 4 unspecified atom stereocenters. The van der Waals surface area contributed by atoms with Gasteiger partial charge in [0, 0.05) is 12.6 Å². The highest BCUT2D eigenvalue weighted by atomic mass is 16.2. The number of likely N-dealkylation sites (tertiary alicyclic amines) is 1. The molecule has 4 atom stereocenters. The van der Waals surface area contributed by atoms with Gasteiger partial charge in [-0.15, -0.1) is 0 Å². The maximum Gasteiger partial charge on any atom is 0.239 e. The van der Waals surface area contributed by atoms with Crippen molar-refractivity contribution in [2.75, 3.05) is 13.1 Å². The van der Waals surface area contributed by atoms with E-state index in [4.69, 9.17) is 0 Å². The molecule has 1 aliphatic carbocycles. The Morgan fingerprint density at radius 2 is 2.00 bits per heavy atom. The zero-order valence-corrected chi connectivity index (χ0v) is 13.5. The van der Waals surface area contributed by atoms with Crippen molar-refractivity contribution >= 4 is 5.91 Å². The van der Waals surface area contributed by atoms with Crippen LogP contribution in [0.25, 0.3) is 0 Å². The van der Waals surface area contributed by atoms with Crippen molar-refractivity contribution in [3.8, 4) is 0 Å². The molecule has 0 aromatic carbocycles. The van der Waals surface area contributed by atoms with Crippen LogP contribution in [-0.4, -0.2) is 36.0 Å². The second-order valence-electron chi connectivity index (χ2n) is 8.82. The maximum atomic E-state index is 12.9. The van der Waals surface area contributed by atoms with Crippen LogP contribution in [-0.2, 0) is 4.79 Å². The average Bonchev–Trinajstić information content (AvgIpc) is 2.57. The van der Waals surface area contributed by atoms with Crippen LogP contribution in [0.15, 0.2) is 0 Å². The van der Waals surface area contributed by atoms with Crippen molar-refractivity contribution < 1.29 is 4.79 Å². The summed E-state index contributed by atoms with van der Waals surface area (Å²) in [5.41, 5.74) is 0.738. The first-order chi connectivity index (χ1) is 9.28. The Hall–Kier alpha value is -0.570. The van der Waals surface area contributed by atoms with E-state index in [0.717, 1.165) is 19.5 Å². The van der Waals surface area contributed by atoms with Gasteiger partial charge in [-0.1, -0.05) is 27.7 Å². The Bertz CT molecular complexity index is 406. The topological polar surface area (TPSA) is 32.3 Å². The summed E-state index contributed by atoms with van der Waals surface area (Å²) in [4.78, 5) is 15.1. The molecule has 2 aliphatic heterocycles. The van der Waals surface area contributed by atoms with E-state index in [1.54, 1.807) is 0 Å². The van der Waals surface area contributed by atoms with Crippen molar-refractivity contribution in [3.63, 3.8) is 0 Å². The van der Waals surface area contributed by atoms with Gasteiger partial charge in [-0.3, -0.25) is 4.79 Å². The number of rotatable bonds is 1. The van der Waals surface area contributed by atoms with E-state index in [-0.39, 0.29) is 6.04 Å². The molecule has 0 aromatic heterocycles. The number of hydrogen-bond acceptors (Lipinski definition) is 2. The minimum absolute atomic E-state index is 0.0739. The normalized spacial score (nSPS) is 43.6. The van der Waals surface area contributed by atoms with Crippen LogP contribution in [0.2, 0.25) is 0 Å². The lowest BCUT2D eigenvalue weighted by atomic mass is 9.65. The third-order valence-electron chi connectivity index (χ3n) is 5.66. The Balaban J connectivity index is 1.73. The molecule has 20 heavy (non-hydrogen) atoms. The average molecular weight is 278 g/mol. The summed E-state index contributed by atoms with van der Waals surface area (Å²) in [6, 6.07) is 0.556. The van der Waals surface area contributed by atoms with Crippen LogP contribution in [0.1, 0.15) is 59.8 Å². The first-order valence-electron chi connectivity index (χ1n) is 8.32. The van der Waals surface area contributed by atoms with Crippen molar-refractivity contribution in [2.24, 2.45) is 16.7 Å². The smallest absolute Gasteiger partial charge is 0.239 e. The van der Waals surface area contributed by atoms with E-state index in [1.165, 1.54) is 25.7 Å². The van der Waals surface area contributed by atoms with Crippen molar-refractivity contribution in [1.82, 2.24) is 10.2 Å². The van der Waals surface area contributed by atoms with Gasteiger partial charge in [-0.05, 0) is 55.4 Å². The predicted molar refractivity (Wildman–Crippen MR) is 81.4 cm³/mol. The van der Waals surface area contributed by atoms with Gasteiger partial charge in [0.05, 0.1) is 6.04 Å². The monoisotopic (exact) mass is 278 g/mol. The van der Waals surface area contributed by atoms with Crippen LogP contribution in [0.3, 0.4) is 0 Å². The molecule has 2 saturated heterocycles. The van der Waals surface area contributed by atoms with Gasteiger partial charge in [0.15, 0.2) is 0 Å². The van der Waals surface area contributed by atoms with Gasteiger partial charge >= 0.3 is 0 Å². The highest BCUT2D eigenvalue weighted by Crippen LogP contribution is 2.52. The number of fused-ring (bicyclic) bond motifs is 2. The summed E-state index contributed by atoms with van der Waals surface area (Å²) >= 11 is 0. The van der Waals surface area contributed by atoms with Crippen LogP contribution in [0.5, 0.6) is 0 Å². The summed E-state index contributed by atoms with van der Waals surface area (Å²) in [6.07, 6.45) is 5.87. The summed E-state index contributed by atoms with van der Waals surface area (Å²) in [6.45, 7) is 11.4. The lowest BCUT2D eigenvalue weighted by Crippen LogP contribution is -2.51. The minimum Gasteiger partial charge on any atom is -0.338 e. The number of amides is 1. The molecule has 2 heterocycles. The second kappa shape index (κ2) is 4.72. The number of nitrogens with one attached hydrogen (secondary N) is 1. The van der Waals surface area contributed by atoms with Gasteiger partial charge in [0.2, 0.25) is 5.91 Å². The first kappa shape index (κ1) is 14.4. The number of nitrogens with zero attached hydrogens (tertiary/aromatic N) is 1. The summed E-state index contributed by atoms with van der Waals surface area (Å²) < 4.78 is 0. The lowest BCUT2D eigenvalue weighted by Gasteiger charge is -2.39. The number of hydrogen-bond donors (Lipinski definition) is 1. The Morgan fingerprint density at radius 3 is 2.70 bits per heavy atom. The molecule has 0 radical (unpaired) electrons. The Labute approximate surface area is 123 Å². The van der Waals surface area contributed by atoms with Gasteiger partial charge in [0.25, 0.3) is 0 Å². The van der Waals surface area contributed by atoms with Crippen molar-refractivity contribution in [2.45, 2.75) is 71.9 Å². The van der Waals surface area contributed by atoms with E-state index in [2.05, 4.69) is 37.9 Å². The van der Waals surface area contributed by atoms with Gasteiger partial charge in [0.1, 0.15) is 0 Å². The quantitative estimate of drug-likeness (QED) is 0.800. The summed E-state index contributed by atoms with van der Waals surface area (Å²) in [5.74, 6) is 1.06. The predicted octanol–water partition coefficient (Wildman–Crippen LogP) is 2.80. The maximum absolute atomic E-state index is 12.9. The first-order valence-corrected chi connectivity index (χ1v) is 8.32. The molecule has 1 N–H and O–H groups in total. The standard InChI is InChI=1S/C17H30N2O/c1-12-5-6-18-14(7-12)15(20)19-11-17(4)9-13(19)8-16(2,3)10-17/h12-14,18H,5-11H2,1-4H3. The molecular weight excluding hydrogens is 248 g/mol. The van der Waals surface area contributed by atoms with Crippen LogP contribution >= 0.6 is 0 Å². The van der Waals surface area contributed by atoms with Crippen LogP contribution in [0, 0.1) is 16.7 Å². The molecule has 1 amide bonds. The Morgan fingerprint density at radius 1 is 1.25 bits per heavy atom. The molecule has 3 nitrogen and oxygen atoms in total. The van der Waals surface area contributed by atoms with E-state index in [0.29, 0.717) is 28.7 Å². The fourth-order valence-corrected chi connectivity index (χ4v) is 5.21. The number of piperidine rings is 1.